The van der Waals surface area contributed by atoms with Crippen molar-refractivity contribution in [3.05, 3.63) is 29.8 Å². The lowest BCUT2D eigenvalue weighted by atomic mass is 10.0. The molecule has 0 fully saturated rings. The first-order valence-electron chi connectivity index (χ1n) is 6.88. The lowest BCUT2D eigenvalue weighted by Gasteiger charge is -2.28. The van der Waals surface area contributed by atoms with E-state index in [9.17, 15) is 9.50 Å². The van der Waals surface area contributed by atoms with Gasteiger partial charge in [0.05, 0.1) is 23.7 Å². The average molecular weight is 279 g/mol. The van der Waals surface area contributed by atoms with Crippen LogP contribution in [0.15, 0.2) is 18.2 Å². The van der Waals surface area contributed by atoms with Gasteiger partial charge < -0.3 is 9.67 Å². The van der Waals surface area contributed by atoms with Crippen LogP contribution in [0.4, 0.5) is 4.39 Å². The highest BCUT2D eigenvalue weighted by Crippen LogP contribution is 2.29. The molecule has 0 saturated heterocycles. The predicted octanol–water partition coefficient (Wildman–Crippen LogP) is 2.43. The van der Waals surface area contributed by atoms with E-state index in [1.54, 1.807) is 6.07 Å². The summed E-state index contributed by atoms with van der Waals surface area (Å²) < 4.78 is 15.4. The van der Waals surface area contributed by atoms with Crippen LogP contribution in [0.25, 0.3) is 11.0 Å². The van der Waals surface area contributed by atoms with Crippen molar-refractivity contribution in [1.29, 1.82) is 0 Å². The standard InChI is InChI=1S/C15H22FN3O/c1-10(2)14(18(3)4)15-17-12-9-11(16)5-6-13(12)19(15)7-8-20/h5-6,9-10,14,20H,7-8H2,1-4H3. The summed E-state index contributed by atoms with van der Waals surface area (Å²) in [5.74, 6) is 0.951. The van der Waals surface area contributed by atoms with E-state index >= 15 is 0 Å². The molecule has 1 aromatic carbocycles. The first-order valence-corrected chi connectivity index (χ1v) is 6.88. The summed E-state index contributed by atoms with van der Waals surface area (Å²) in [5, 5.41) is 9.30. The van der Waals surface area contributed by atoms with Crippen LogP contribution in [0.1, 0.15) is 25.7 Å². The Labute approximate surface area is 118 Å². The normalized spacial score (nSPS) is 13.6. The average Bonchev–Trinajstić information content (AvgIpc) is 2.67. The Hall–Kier alpha value is -1.46. The summed E-state index contributed by atoms with van der Waals surface area (Å²) in [4.78, 5) is 6.71. The summed E-state index contributed by atoms with van der Waals surface area (Å²) in [7, 11) is 4.02. The Morgan fingerprint density at radius 3 is 2.60 bits per heavy atom. The number of fused-ring (bicyclic) bond motifs is 1. The van der Waals surface area contributed by atoms with Gasteiger partial charge >= 0.3 is 0 Å². The predicted molar refractivity (Wildman–Crippen MR) is 78.0 cm³/mol. The Morgan fingerprint density at radius 2 is 2.05 bits per heavy atom. The number of aliphatic hydroxyl groups is 1. The number of benzene rings is 1. The zero-order valence-corrected chi connectivity index (χ0v) is 12.5. The first kappa shape index (κ1) is 14.9. The van der Waals surface area contributed by atoms with Crippen LogP contribution in [0.3, 0.4) is 0 Å². The molecule has 0 spiro atoms. The molecule has 1 N–H and O–H groups in total. The fourth-order valence-corrected chi connectivity index (χ4v) is 2.81. The molecule has 0 aliphatic carbocycles. The van der Waals surface area contributed by atoms with Crippen molar-refractivity contribution in [2.45, 2.75) is 26.4 Å². The maximum Gasteiger partial charge on any atom is 0.127 e. The van der Waals surface area contributed by atoms with Gasteiger partial charge in [0.2, 0.25) is 0 Å². The molecular formula is C15H22FN3O. The molecule has 0 amide bonds. The second-order valence-corrected chi connectivity index (χ2v) is 5.63. The molecule has 1 unspecified atom stereocenters. The Morgan fingerprint density at radius 1 is 1.35 bits per heavy atom. The Kier molecular flexibility index (Phi) is 4.40. The number of nitrogens with zero attached hydrogens (tertiary/aromatic N) is 3. The molecule has 1 atom stereocenters. The van der Waals surface area contributed by atoms with Gasteiger partial charge in [-0.15, -0.1) is 0 Å². The van der Waals surface area contributed by atoms with Gasteiger partial charge in [0.25, 0.3) is 0 Å². The molecule has 1 heterocycles. The molecule has 2 rings (SSSR count). The monoisotopic (exact) mass is 279 g/mol. The van der Waals surface area contributed by atoms with Gasteiger partial charge in [-0.3, -0.25) is 4.90 Å². The molecule has 110 valence electrons. The summed E-state index contributed by atoms with van der Waals surface area (Å²) >= 11 is 0. The molecule has 0 radical (unpaired) electrons. The Bertz CT molecular complexity index is 584. The number of imidazole rings is 1. The molecule has 2 aromatic rings. The minimum Gasteiger partial charge on any atom is -0.395 e. The summed E-state index contributed by atoms with van der Waals surface area (Å²) in [6.07, 6.45) is 0. The second kappa shape index (κ2) is 5.89. The number of hydrogen-bond donors (Lipinski definition) is 1. The topological polar surface area (TPSA) is 41.3 Å². The quantitative estimate of drug-likeness (QED) is 0.914. The van der Waals surface area contributed by atoms with Crippen molar-refractivity contribution in [2.75, 3.05) is 20.7 Å². The van der Waals surface area contributed by atoms with Gasteiger partial charge in [-0.1, -0.05) is 13.8 Å². The maximum atomic E-state index is 13.4. The summed E-state index contributed by atoms with van der Waals surface area (Å²) in [6, 6.07) is 4.72. The second-order valence-electron chi connectivity index (χ2n) is 5.63. The third kappa shape index (κ3) is 2.69. The fourth-order valence-electron chi connectivity index (χ4n) is 2.81. The first-order chi connectivity index (χ1) is 9.45. The molecule has 20 heavy (non-hydrogen) atoms. The minimum atomic E-state index is -0.288. The van der Waals surface area contributed by atoms with Crippen molar-refractivity contribution in [3.63, 3.8) is 0 Å². The Balaban J connectivity index is 2.63. The molecule has 5 heteroatoms. The summed E-state index contributed by atoms with van der Waals surface area (Å²) in [5.41, 5.74) is 1.50. The molecular weight excluding hydrogens is 257 g/mol. The van der Waals surface area contributed by atoms with E-state index in [1.165, 1.54) is 12.1 Å². The van der Waals surface area contributed by atoms with Crippen LogP contribution in [-0.2, 0) is 6.54 Å². The summed E-state index contributed by atoms with van der Waals surface area (Å²) in [6.45, 7) is 4.77. The van der Waals surface area contributed by atoms with Gasteiger partial charge in [-0.05, 0) is 32.1 Å². The number of hydrogen-bond acceptors (Lipinski definition) is 3. The van der Waals surface area contributed by atoms with Crippen LogP contribution in [-0.4, -0.2) is 40.3 Å². The number of halogens is 1. The molecule has 0 saturated carbocycles. The third-order valence-corrected chi connectivity index (χ3v) is 3.52. The van der Waals surface area contributed by atoms with Gasteiger partial charge in [0.1, 0.15) is 11.6 Å². The zero-order valence-electron chi connectivity index (χ0n) is 12.5. The van der Waals surface area contributed by atoms with Crippen LogP contribution in [0.2, 0.25) is 0 Å². The number of aromatic nitrogens is 2. The van der Waals surface area contributed by atoms with Crippen LogP contribution in [0, 0.1) is 11.7 Å². The maximum absolute atomic E-state index is 13.4. The van der Waals surface area contributed by atoms with Crippen molar-refractivity contribution in [2.24, 2.45) is 5.92 Å². The highest BCUT2D eigenvalue weighted by Gasteiger charge is 2.25. The van der Waals surface area contributed by atoms with Crippen LogP contribution in [0.5, 0.6) is 0 Å². The molecule has 0 aliphatic heterocycles. The van der Waals surface area contributed by atoms with Gasteiger partial charge in [0.15, 0.2) is 0 Å². The molecule has 0 aliphatic rings. The van der Waals surface area contributed by atoms with E-state index < -0.39 is 0 Å². The van der Waals surface area contributed by atoms with Crippen LogP contribution >= 0.6 is 0 Å². The van der Waals surface area contributed by atoms with E-state index in [1.807, 2.05) is 18.7 Å². The minimum absolute atomic E-state index is 0.0358. The number of rotatable bonds is 5. The van der Waals surface area contributed by atoms with E-state index in [0.29, 0.717) is 18.0 Å². The van der Waals surface area contributed by atoms with E-state index in [-0.39, 0.29) is 18.5 Å². The number of aliphatic hydroxyl groups excluding tert-OH is 1. The lowest BCUT2D eigenvalue weighted by Crippen LogP contribution is -2.28. The fraction of sp³-hybridized carbons (Fsp3) is 0.533. The smallest absolute Gasteiger partial charge is 0.127 e. The lowest BCUT2D eigenvalue weighted by molar-refractivity contribution is 0.212. The molecule has 0 bridgehead atoms. The highest BCUT2D eigenvalue weighted by atomic mass is 19.1. The highest BCUT2D eigenvalue weighted by molar-refractivity contribution is 5.76. The van der Waals surface area contributed by atoms with E-state index in [2.05, 4.69) is 23.7 Å². The van der Waals surface area contributed by atoms with E-state index in [4.69, 9.17) is 0 Å². The molecule has 4 nitrogen and oxygen atoms in total. The largest absolute Gasteiger partial charge is 0.395 e. The van der Waals surface area contributed by atoms with Crippen molar-refractivity contribution >= 4 is 11.0 Å². The van der Waals surface area contributed by atoms with Crippen molar-refractivity contribution < 1.29 is 9.50 Å². The van der Waals surface area contributed by atoms with Crippen LogP contribution < -0.4 is 0 Å². The van der Waals surface area contributed by atoms with Crippen molar-refractivity contribution in [1.82, 2.24) is 14.5 Å². The zero-order chi connectivity index (χ0) is 14.9. The third-order valence-electron chi connectivity index (χ3n) is 3.52. The molecule has 1 aromatic heterocycles. The SMILES string of the molecule is CC(C)C(c1nc2cc(F)ccc2n1CCO)N(C)C. The van der Waals surface area contributed by atoms with E-state index in [0.717, 1.165) is 11.3 Å². The van der Waals surface area contributed by atoms with Gasteiger partial charge in [-0.2, -0.15) is 0 Å². The van der Waals surface area contributed by atoms with Gasteiger partial charge in [-0.25, -0.2) is 9.37 Å². The van der Waals surface area contributed by atoms with Gasteiger partial charge in [0, 0.05) is 12.6 Å². The van der Waals surface area contributed by atoms with Crippen molar-refractivity contribution in [3.8, 4) is 0 Å².